The van der Waals surface area contributed by atoms with Crippen LogP contribution in [0, 0.1) is 11.0 Å². The predicted octanol–water partition coefficient (Wildman–Crippen LogP) is 4.83. The fourth-order valence-corrected chi connectivity index (χ4v) is 3.72. The fourth-order valence-electron chi connectivity index (χ4n) is 3.14. The molecule has 2 aromatic carbocycles. The van der Waals surface area contributed by atoms with Gasteiger partial charge in [-0.15, -0.1) is 0 Å². The summed E-state index contributed by atoms with van der Waals surface area (Å²) < 4.78 is 30.3. The number of carbonyl (C=O) groups is 1. The maximum Gasteiger partial charge on any atom is 0.204 e. The van der Waals surface area contributed by atoms with Gasteiger partial charge in [0.15, 0.2) is 29.7 Å². The Bertz CT molecular complexity index is 1100. The Morgan fingerprint density at radius 3 is 2.25 bits per heavy atom. The summed E-state index contributed by atoms with van der Waals surface area (Å²) in [4.78, 5) is 13.1. The number of hydrogen-bond acceptors (Lipinski definition) is 5. The van der Waals surface area contributed by atoms with E-state index in [9.17, 15) is 14.4 Å². The molecule has 3 aromatic rings. The molecule has 0 radical (unpaired) electrons. The molecule has 0 aliphatic rings. The van der Waals surface area contributed by atoms with Crippen LogP contribution in [0.3, 0.4) is 0 Å². The number of benzene rings is 2. The van der Waals surface area contributed by atoms with Crippen LogP contribution in [-0.4, -0.2) is 26.6 Å². The Kier molecular flexibility index (Phi) is 7.77. The number of aromatic nitrogens is 1. The van der Waals surface area contributed by atoms with E-state index in [0.29, 0.717) is 22.5 Å². The second kappa shape index (κ2) is 10.5. The molecule has 0 unspecified atom stereocenters. The lowest BCUT2D eigenvalue weighted by Crippen LogP contribution is -2.25. The summed E-state index contributed by atoms with van der Waals surface area (Å²) in [5.74, 6) is 0.207. The summed E-state index contributed by atoms with van der Waals surface area (Å²) in [6.45, 7) is 0.207. The zero-order valence-electron chi connectivity index (χ0n) is 17.4. The lowest BCUT2D eigenvalue weighted by molar-refractivity contribution is -0.605. The normalized spacial score (nSPS) is 10.7. The van der Waals surface area contributed by atoms with Crippen LogP contribution in [0.1, 0.15) is 21.5 Å². The largest absolute Gasteiger partial charge is 0.619 e. The molecule has 1 aromatic heterocycles. The molecule has 0 fully saturated rings. The summed E-state index contributed by atoms with van der Waals surface area (Å²) in [5, 5.41) is 11.6. The zero-order chi connectivity index (χ0) is 23.3. The van der Waals surface area contributed by atoms with Crippen molar-refractivity contribution in [3.05, 3.63) is 86.6 Å². The third-order valence-corrected chi connectivity index (χ3v) is 5.40. The van der Waals surface area contributed by atoms with Crippen molar-refractivity contribution in [3.63, 3.8) is 0 Å². The molecule has 0 saturated carbocycles. The highest BCUT2D eigenvalue weighted by molar-refractivity contribution is 6.36. The summed E-state index contributed by atoms with van der Waals surface area (Å²) in [7, 11) is 2.92. The molecule has 3 rings (SSSR count). The fraction of sp³-hybridized carbons (Fsp3) is 0.217. The van der Waals surface area contributed by atoms with Crippen molar-refractivity contribution < 1.29 is 28.1 Å². The average molecular weight is 480 g/mol. The summed E-state index contributed by atoms with van der Waals surface area (Å²) in [6, 6.07) is 9.23. The number of ketones is 1. The maximum absolute atomic E-state index is 13.1. The van der Waals surface area contributed by atoms with Crippen molar-refractivity contribution in [2.24, 2.45) is 0 Å². The molecule has 168 valence electrons. The van der Waals surface area contributed by atoms with Crippen molar-refractivity contribution in [2.75, 3.05) is 20.8 Å². The van der Waals surface area contributed by atoms with Gasteiger partial charge >= 0.3 is 0 Å². The number of ether oxygens (including phenoxy) is 3. The van der Waals surface area contributed by atoms with Gasteiger partial charge in [0.2, 0.25) is 5.75 Å². The molecule has 0 saturated heterocycles. The van der Waals surface area contributed by atoms with Crippen molar-refractivity contribution in [1.29, 1.82) is 0 Å². The molecule has 0 bridgehead atoms. The van der Waals surface area contributed by atoms with Crippen LogP contribution >= 0.6 is 23.2 Å². The first-order valence-corrected chi connectivity index (χ1v) is 10.3. The first-order valence-electron chi connectivity index (χ1n) is 9.56. The van der Waals surface area contributed by atoms with Gasteiger partial charge in [-0.1, -0.05) is 35.3 Å². The van der Waals surface area contributed by atoms with Gasteiger partial charge in [-0.05, 0) is 29.8 Å². The Morgan fingerprint density at radius 1 is 1.00 bits per heavy atom. The van der Waals surface area contributed by atoms with E-state index in [2.05, 4.69) is 0 Å². The average Bonchev–Trinajstić information content (AvgIpc) is 2.76. The summed E-state index contributed by atoms with van der Waals surface area (Å²) in [5.41, 5.74) is 1.44. The van der Waals surface area contributed by atoms with Crippen LogP contribution in [0.2, 0.25) is 10.0 Å². The van der Waals surface area contributed by atoms with Crippen LogP contribution < -0.4 is 18.9 Å². The molecular weight excluding hydrogens is 460 g/mol. The Hall–Kier alpha value is -3.03. The van der Waals surface area contributed by atoms with Gasteiger partial charge in [-0.25, -0.2) is 4.39 Å². The number of hydrogen-bond donors (Lipinski definition) is 0. The van der Waals surface area contributed by atoms with Crippen LogP contribution in [0.25, 0.3) is 0 Å². The molecule has 0 spiro atoms. The Labute approximate surface area is 194 Å². The van der Waals surface area contributed by atoms with Crippen LogP contribution in [-0.2, 0) is 12.8 Å². The SMILES string of the molecule is COc1ccc(C(=O)Cc2c(Cl)c[n+]([O-])cc2Cl)c(OCCc2ccc(F)cc2)c1OC. The van der Waals surface area contributed by atoms with E-state index in [1.165, 1.54) is 26.4 Å². The molecule has 1 heterocycles. The molecule has 9 heteroatoms. The lowest BCUT2D eigenvalue weighted by atomic mass is 10.0. The smallest absolute Gasteiger partial charge is 0.204 e. The molecule has 0 amide bonds. The molecular formula is C23H20Cl2FNO5. The minimum atomic E-state index is -0.338. The van der Waals surface area contributed by atoms with E-state index in [-0.39, 0.29) is 51.7 Å². The van der Waals surface area contributed by atoms with Crippen molar-refractivity contribution in [2.45, 2.75) is 12.8 Å². The zero-order valence-corrected chi connectivity index (χ0v) is 18.9. The second-order valence-electron chi connectivity index (χ2n) is 6.80. The topological polar surface area (TPSA) is 71.7 Å². The molecule has 0 N–H and O–H groups in total. The lowest BCUT2D eigenvalue weighted by Gasteiger charge is -2.17. The predicted molar refractivity (Wildman–Crippen MR) is 119 cm³/mol. The highest BCUT2D eigenvalue weighted by Gasteiger charge is 2.24. The third-order valence-electron chi connectivity index (χ3n) is 4.75. The minimum Gasteiger partial charge on any atom is -0.619 e. The molecule has 0 aliphatic carbocycles. The van der Waals surface area contributed by atoms with E-state index in [4.69, 9.17) is 37.4 Å². The van der Waals surface area contributed by atoms with Gasteiger partial charge in [0.1, 0.15) is 15.9 Å². The first-order chi connectivity index (χ1) is 15.3. The first kappa shape index (κ1) is 23.6. The minimum absolute atomic E-state index is 0.0834. The molecule has 6 nitrogen and oxygen atoms in total. The van der Waals surface area contributed by atoms with Crippen molar-refractivity contribution in [3.8, 4) is 17.2 Å². The van der Waals surface area contributed by atoms with E-state index in [1.54, 1.807) is 24.3 Å². The van der Waals surface area contributed by atoms with E-state index in [1.807, 2.05) is 0 Å². The Morgan fingerprint density at radius 2 is 1.66 bits per heavy atom. The van der Waals surface area contributed by atoms with Gasteiger partial charge in [-0.3, -0.25) is 4.79 Å². The van der Waals surface area contributed by atoms with Gasteiger partial charge in [0.05, 0.1) is 26.4 Å². The maximum atomic E-state index is 13.1. The standard InChI is InChI=1S/C23H20Cl2FNO5/c1-30-21-8-7-16(20(28)11-17-18(24)12-27(29)13-19(17)25)22(23(21)31-2)32-10-9-14-3-5-15(26)6-4-14/h3-8,12-13H,9-11H2,1-2H3. The Balaban J connectivity index is 1.89. The van der Waals surface area contributed by atoms with E-state index >= 15 is 0 Å². The summed E-state index contributed by atoms with van der Waals surface area (Å²) in [6.07, 6.45) is 2.59. The summed E-state index contributed by atoms with van der Waals surface area (Å²) >= 11 is 12.2. The number of rotatable bonds is 9. The molecule has 0 aliphatic heterocycles. The van der Waals surface area contributed by atoms with Gasteiger partial charge in [0, 0.05) is 18.4 Å². The van der Waals surface area contributed by atoms with Crippen molar-refractivity contribution >= 4 is 29.0 Å². The van der Waals surface area contributed by atoms with E-state index < -0.39 is 0 Å². The number of methoxy groups -OCH3 is 2. The van der Waals surface area contributed by atoms with Crippen LogP contribution in [0.4, 0.5) is 4.39 Å². The number of pyridine rings is 1. The number of halogens is 3. The highest BCUT2D eigenvalue weighted by atomic mass is 35.5. The number of carbonyl (C=O) groups excluding carboxylic acids is 1. The quantitative estimate of drug-likeness (QED) is 0.249. The number of nitrogens with zero attached hydrogens (tertiary/aromatic N) is 1. The van der Waals surface area contributed by atoms with Crippen LogP contribution in [0.5, 0.6) is 17.2 Å². The second-order valence-corrected chi connectivity index (χ2v) is 7.61. The van der Waals surface area contributed by atoms with Crippen molar-refractivity contribution in [1.82, 2.24) is 0 Å². The monoisotopic (exact) mass is 479 g/mol. The van der Waals surface area contributed by atoms with Gasteiger partial charge in [0.25, 0.3) is 0 Å². The van der Waals surface area contributed by atoms with E-state index in [0.717, 1.165) is 18.0 Å². The van der Waals surface area contributed by atoms with Gasteiger partial charge in [-0.2, -0.15) is 4.73 Å². The number of Topliss-reactive ketones (excluding diaryl/α,β-unsaturated/α-hetero) is 1. The highest BCUT2D eigenvalue weighted by Crippen LogP contribution is 2.41. The van der Waals surface area contributed by atoms with Gasteiger partial charge < -0.3 is 19.4 Å². The third kappa shape index (κ3) is 5.41. The molecule has 32 heavy (non-hydrogen) atoms. The molecule has 0 atom stereocenters. The van der Waals surface area contributed by atoms with Crippen LogP contribution in [0.15, 0.2) is 48.8 Å².